The van der Waals surface area contributed by atoms with Crippen molar-refractivity contribution in [2.75, 3.05) is 6.54 Å². The maximum atomic E-state index is 13.2. The normalized spacial score (nSPS) is 15.8. The number of halogens is 1. The van der Waals surface area contributed by atoms with Crippen LogP contribution in [0.15, 0.2) is 18.2 Å². The Kier molecular flexibility index (Phi) is 5.10. The molecule has 0 N–H and O–H groups in total. The lowest BCUT2D eigenvalue weighted by Crippen LogP contribution is -2.40. The van der Waals surface area contributed by atoms with Gasteiger partial charge in [-0.1, -0.05) is 32.8 Å². The van der Waals surface area contributed by atoms with E-state index in [9.17, 15) is 9.18 Å². The molecule has 1 saturated carbocycles. The van der Waals surface area contributed by atoms with E-state index in [1.54, 1.807) is 12.1 Å². The monoisotopic (exact) mass is 278 g/mol. The van der Waals surface area contributed by atoms with Crippen LogP contribution in [0.4, 0.5) is 4.39 Å². The molecule has 0 unspecified atom stereocenters. The number of hydrogen-bond acceptors (Lipinski definition) is 2. The largest absolute Gasteiger partial charge is 0.334 e. The molecule has 3 nitrogen and oxygen atoms in total. The van der Waals surface area contributed by atoms with Crippen molar-refractivity contribution in [2.45, 2.75) is 52.0 Å². The lowest BCUT2D eigenvalue weighted by atomic mass is 10.1. The Hall–Kier alpha value is -1.45. The first-order valence-electron chi connectivity index (χ1n) is 7.51. The van der Waals surface area contributed by atoms with Crippen molar-refractivity contribution in [1.29, 1.82) is 0 Å². The smallest absolute Gasteiger partial charge is 0.272 e. The zero-order chi connectivity index (χ0) is 14.5. The van der Waals surface area contributed by atoms with Crippen LogP contribution in [-0.2, 0) is 0 Å². The van der Waals surface area contributed by atoms with Crippen LogP contribution in [0.2, 0.25) is 0 Å². The number of hydrogen-bond donors (Lipinski definition) is 0. The van der Waals surface area contributed by atoms with Crippen LogP contribution in [0.5, 0.6) is 0 Å². The van der Waals surface area contributed by atoms with Gasteiger partial charge in [-0.2, -0.15) is 4.39 Å². The summed E-state index contributed by atoms with van der Waals surface area (Å²) in [6.45, 7) is 5.04. The minimum Gasteiger partial charge on any atom is -0.334 e. The third kappa shape index (κ3) is 3.78. The number of nitrogens with zero attached hydrogens (tertiary/aromatic N) is 2. The molecule has 1 aromatic rings. The summed E-state index contributed by atoms with van der Waals surface area (Å²) in [4.78, 5) is 18.2. The average Bonchev–Trinajstić information content (AvgIpc) is 2.92. The van der Waals surface area contributed by atoms with Gasteiger partial charge < -0.3 is 4.90 Å². The highest BCUT2D eigenvalue weighted by Gasteiger charge is 2.28. The van der Waals surface area contributed by atoms with E-state index in [2.05, 4.69) is 18.8 Å². The Morgan fingerprint density at radius 1 is 1.40 bits per heavy atom. The summed E-state index contributed by atoms with van der Waals surface area (Å²) in [6, 6.07) is 4.71. The van der Waals surface area contributed by atoms with E-state index in [0.29, 0.717) is 12.0 Å². The van der Waals surface area contributed by atoms with Crippen LogP contribution in [-0.4, -0.2) is 28.4 Å². The molecule has 0 atom stereocenters. The first-order chi connectivity index (χ1) is 9.58. The van der Waals surface area contributed by atoms with E-state index in [4.69, 9.17) is 0 Å². The summed E-state index contributed by atoms with van der Waals surface area (Å²) in [7, 11) is 0. The van der Waals surface area contributed by atoms with Crippen molar-refractivity contribution in [1.82, 2.24) is 9.88 Å². The summed E-state index contributed by atoms with van der Waals surface area (Å²) in [6.07, 6.45) is 5.43. The van der Waals surface area contributed by atoms with Gasteiger partial charge in [0, 0.05) is 12.6 Å². The minimum absolute atomic E-state index is 0.128. The minimum atomic E-state index is -0.592. The van der Waals surface area contributed by atoms with Gasteiger partial charge >= 0.3 is 0 Å². The Balaban J connectivity index is 2.14. The number of carbonyl (C=O) groups is 1. The topological polar surface area (TPSA) is 33.2 Å². The second kappa shape index (κ2) is 6.82. The van der Waals surface area contributed by atoms with Gasteiger partial charge in [-0.05, 0) is 37.3 Å². The SMILES string of the molecule is CC(C)CCN(C(=O)c1cccc(F)n1)C1CCCC1. The first-order valence-corrected chi connectivity index (χ1v) is 7.51. The third-order valence-electron chi connectivity index (χ3n) is 3.91. The van der Waals surface area contributed by atoms with Crippen LogP contribution in [0.3, 0.4) is 0 Å². The van der Waals surface area contributed by atoms with Gasteiger partial charge in [0.25, 0.3) is 5.91 Å². The Labute approximate surface area is 120 Å². The van der Waals surface area contributed by atoms with Gasteiger partial charge in [0.1, 0.15) is 5.69 Å². The highest BCUT2D eigenvalue weighted by atomic mass is 19.1. The summed E-state index contributed by atoms with van der Waals surface area (Å²) >= 11 is 0. The molecule has 1 heterocycles. The Bertz CT molecular complexity index is 456. The van der Waals surface area contributed by atoms with Crippen LogP contribution < -0.4 is 0 Å². The summed E-state index contributed by atoms with van der Waals surface area (Å²) in [5.41, 5.74) is 0.223. The lowest BCUT2D eigenvalue weighted by molar-refractivity contribution is 0.0664. The predicted octanol–water partition coefficient (Wildman–Crippen LogP) is 3.65. The highest BCUT2D eigenvalue weighted by Crippen LogP contribution is 2.25. The van der Waals surface area contributed by atoms with Gasteiger partial charge in [-0.25, -0.2) is 4.98 Å². The maximum absolute atomic E-state index is 13.2. The fourth-order valence-corrected chi connectivity index (χ4v) is 2.74. The molecule has 4 heteroatoms. The van der Waals surface area contributed by atoms with Crippen LogP contribution in [0.1, 0.15) is 56.4 Å². The van der Waals surface area contributed by atoms with Crippen molar-refractivity contribution in [3.8, 4) is 0 Å². The molecule has 1 aromatic heterocycles. The van der Waals surface area contributed by atoms with Gasteiger partial charge in [0.2, 0.25) is 5.95 Å². The van der Waals surface area contributed by atoms with Crippen LogP contribution >= 0.6 is 0 Å². The zero-order valence-corrected chi connectivity index (χ0v) is 12.3. The highest BCUT2D eigenvalue weighted by molar-refractivity contribution is 5.92. The van der Waals surface area contributed by atoms with E-state index in [1.807, 2.05) is 4.90 Å². The van der Waals surface area contributed by atoms with Gasteiger partial charge in [-0.3, -0.25) is 4.79 Å². The maximum Gasteiger partial charge on any atom is 0.272 e. The number of pyridine rings is 1. The van der Waals surface area contributed by atoms with E-state index >= 15 is 0 Å². The van der Waals surface area contributed by atoms with Gasteiger partial charge in [-0.15, -0.1) is 0 Å². The summed E-state index contributed by atoms with van der Waals surface area (Å²) < 4.78 is 13.2. The molecule has 0 radical (unpaired) electrons. The van der Waals surface area contributed by atoms with E-state index in [0.717, 1.165) is 25.8 Å². The first kappa shape index (κ1) is 14.9. The Morgan fingerprint density at radius 2 is 2.10 bits per heavy atom. The van der Waals surface area contributed by atoms with Crippen LogP contribution in [0.25, 0.3) is 0 Å². The van der Waals surface area contributed by atoms with E-state index in [1.165, 1.54) is 18.9 Å². The van der Waals surface area contributed by atoms with Gasteiger partial charge in [0.05, 0.1) is 0 Å². The standard InChI is InChI=1S/C16H23FN2O/c1-12(2)10-11-19(13-6-3-4-7-13)16(20)14-8-5-9-15(17)18-14/h5,8-9,12-13H,3-4,6-7,10-11H2,1-2H3. The third-order valence-corrected chi connectivity index (χ3v) is 3.91. The molecule has 1 amide bonds. The zero-order valence-electron chi connectivity index (χ0n) is 12.3. The molecule has 1 aliphatic carbocycles. The van der Waals surface area contributed by atoms with Gasteiger partial charge in [0.15, 0.2) is 0 Å². The molecule has 2 rings (SSSR count). The quantitative estimate of drug-likeness (QED) is 0.770. The van der Waals surface area contributed by atoms with E-state index in [-0.39, 0.29) is 11.6 Å². The molecule has 0 aromatic carbocycles. The fourth-order valence-electron chi connectivity index (χ4n) is 2.74. The van der Waals surface area contributed by atoms with E-state index < -0.39 is 5.95 Å². The van der Waals surface area contributed by atoms with Crippen molar-refractivity contribution in [2.24, 2.45) is 5.92 Å². The fraction of sp³-hybridized carbons (Fsp3) is 0.625. The number of aromatic nitrogens is 1. The molecular weight excluding hydrogens is 255 g/mol. The molecular formula is C16H23FN2O. The number of amides is 1. The van der Waals surface area contributed by atoms with Crippen molar-refractivity contribution >= 4 is 5.91 Å². The van der Waals surface area contributed by atoms with Crippen molar-refractivity contribution in [3.05, 3.63) is 29.8 Å². The molecule has 20 heavy (non-hydrogen) atoms. The molecule has 0 saturated heterocycles. The van der Waals surface area contributed by atoms with Crippen molar-refractivity contribution < 1.29 is 9.18 Å². The predicted molar refractivity (Wildman–Crippen MR) is 76.9 cm³/mol. The number of rotatable bonds is 5. The second-order valence-corrected chi connectivity index (χ2v) is 5.96. The summed E-state index contributed by atoms with van der Waals surface area (Å²) in [5.74, 6) is -0.171. The van der Waals surface area contributed by atoms with Crippen molar-refractivity contribution in [3.63, 3.8) is 0 Å². The average molecular weight is 278 g/mol. The molecule has 0 bridgehead atoms. The molecule has 0 spiro atoms. The molecule has 1 fully saturated rings. The summed E-state index contributed by atoms with van der Waals surface area (Å²) in [5, 5.41) is 0. The Morgan fingerprint density at radius 3 is 2.70 bits per heavy atom. The molecule has 1 aliphatic rings. The van der Waals surface area contributed by atoms with Crippen LogP contribution in [0, 0.1) is 11.9 Å². The lowest BCUT2D eigenvalue weighted by Gasteiger charge is -2.29. The second-order valence-electron chi connectivity index (χ2n) is 5.96. The molecule has 0 aliphatic heterocycles. The number of carbonyl (C=O) groups excluding carboxylic acids is 1. The molecule has 110 valence electrons.